The molecule has 0 fully saturated rings. The topological polar surface area (TPSA) is 82.6 Å². The number of rotatable bonds is 9. The predicted octanol–water partition coefficient (Wildman–Crippen LogP) is 7.68. The van der Waals surface area contributed by atoms with Gasteiger partial charge in [0.1, 0.15) is 0 Å². The van der Waals surface area contributed by atoms with Crippen molar-refractivity contribution in [1.82, 2.24) is 9.97 Å². The van der Waals surface area contributed by atoms with Crippen molar-refractivity contribution < 1.29 is 9.53 Å². The minimum absolute atomic E-state index is 0.197. The van der Waals surface area contributed by atoms with E-state index in [0.717, 1.165) is 64.6 Å². The molecule has 0 saturated heterocycles. The Balaban J connectivity index is 1.59. The monoisotopic (exact) mass is 526 g/mol. The van der Waals surface area contributed by atoms with Crippen LogP contribution in [0.4, 0.5) is 0 Å². The summed E-state index contributed by atoms with van der Waals surface area (Å²) in [4.78, 5) is 28.7. The van der Waals surface area contributed by atoms with Crippen LogP contribution in [0.1, 0.15) is 93.3 Å². The highest BCUT2D eigenvalue weighted by molar-refractivity contribution is 6.06. The second-order valence-electron chi connectivity index (χ2n) is 10.6. The van der Waals surface area contributed by atoms with Gasteiger partial charge in [-0.3, -0.25) is 14.8 Å². The Morgan fingerprint density at radius 1 is 0.923 bits per heavy atom. The lowest BCUT2D eigenvalue weighted by Crippen LogP contribution is -2.05. The first-order valence-corrected chi connectivity index (χ1v) is 14.0. The molecule has 206 valence electrons. The first-order valence-electron chi connectivity index (χ1n) is 14.0. The molecule has 39 heavy (non-hydrogen) atoms. The van der Waals surface area contributed by atoms with Gasteiger partial charge in [-0.05, 0) is 118 Å². The molecular formula is C33H42N4O2. The van der Waals surface area contributed by atoms with E-state index in [1.54, 1.807) is 0 Å². The van der Waals surface area contributed by atoms with E-state index in [1.807, 2.05) is 6.92 Å². The van der Waals surface area contributed by atoms with Crippen LogP contribution >= 0.6 is 0 Å². The quantitative estimate of drug-likeness (QED) is 0.329. The first-order chi connectivity index (χ1) is 18.6. The Kier molecular flexibility index (Phi) is 8.43. The number of nitrogens with zero attached hydrogens (tertiary/aromatic N) is 2. The number of ether oxygens (including phenoxy) is 1. The molecule has 2 aromatic rings. The molecule has 0 aromatic carbocycles. The fourth-order valence-electron chi connectivity index (χ4n) is 5.85. The number of nitrogens with one attached hydrogen (secondary N) is 2. The Morgan fingerprint density at radius 2 is 1.62 bits per heavy atom. The van der Waals surface area contributed by atoms with E-state index in [2.05, 4.69) is 76.7 Å². The van der Waals surface area contributed by atoms with Crippen molar-refractivity contribution in [3.05, 3.63) is 79.2 Å². The highest BCUT2D eigenvalue weighted by atomic mass is 16.5. The van der Waals surface area contributed by atoms with Gasteiger partial charge in [-0.1, -0.05) is 13.8 Å². The second-order valence-corrected chi connectivity index (χ2v) is 10.6. The van der Waals surface area contributed by atoms with Crippen LogP contribution in [0.3, 0.4) is 0 Å². The number of allylic oxidation sites excluding steroid dienone is 4. The number of carbonyl (C=O) groups excluding carboxylic acids is 1. The molecule has 6 nitrogen and oxygen atoms in total. The van der Waals surface area contributed by atoms with Gasteiger partial charge in [-0.2, -0.15) is 0 Å². The smallest absolute Gasteiger partial charge is 0.305 e. The maximum Gasteiger partial charge on any atom is 0.305 e. The molecule has 2 aromatic heterocycles. The first kappa shape index (κ1) is 28.3. The zero-order valence-electron chi connectivity index (χ0n) is 25.0. The molecule has 2 N–H and O–H groups in total. The Labute approximate surface area is 232 Å². The number of H-pyrrole nitrogens is 2. The summed E-state index contributed by atoms with van der Waals surface area (Å²) in [5.74, 6) is -0.197. The van der Waals surface area contributed by atoms with Gasteiger partial charge in [0.25, 0.3) is 0 Å². The fraction of sp³-hybridized carbons (Fsp3) is 0.424. The second kappa shape index (κ2) is 11.6. The van der Waals surface area contributed by atoms with Crippen LogP contribution < -0.4 is 0 Å². The SMILES string of the molecule is CCC1=C(C)/C(=C/c2[nH]c(C)c(CC)c2C)N=C1Cc1[nH]c(/C=C2\N=C(C)C(CCC(=O)OC)=C2C)cc1C. The van der Waals surface area contributed by atoms with Gasteiger partial charge in [0.05, 0.1) is 24.2 Å². The van der Waals surface area contributed by atoms with E-state index in [0.29, 0.717) is 12.8 Å². The number of carbonyl (C=O) groups is 1. The van der Waals surface area contributed by atoms with E-state index in [1.165, 1.54) is 46.3 Å². The molecule has 0 aliphatic carbocycles. The number of hydrogen-bond donors (Lipinski definition) is 2. The van der Waals surface area contributed by atoms with Gasteiger partial charge >= 0.3 is 5.97 Å². The van der Waals surface area contributed by atoms with E-state index >= 15 is 0 Å². The van der Waals surface area contributed by atoms with Crippen LogP contribution in [0.5, 0.6) is 0 Å². The summed E-state index contributed by atoms with van der Waals surface area (Å²) in [5, 5.41) is 0. The van der Waals surface area contributed by atoms with Gasteiger partial charge in [0.2, 0.25) is 0 Å². The average molecular weight is 527 g/mol. The van der Waals surface area contributed by atoms with Gasteiger partial charge in [-0.25, -0.2) is 0 Å². The number of aryl methyl sites for hydroxylation is 2. The normalized spacial score (nSPS) is 17.7. The van der Waals surface area contributed by atoms with E-state index in [9.17, 15) is 4.79 Å². The standard InChI is InChI=1S/C33H42N4O2/c1-10-25-19(4)30(34-22(25)7)17-31-20(5)26(11-2)32(37-31)16-28-18(3)14-24(36-28)15-29-21(6)27(23(8)35-29)12-13-33(38)39-9/h14-15,17,34,36H,10-13,16H2,1-9H3/b29-15-,31-17-. The molecule has 0 saturated carbocycles. The number of esters is 1. The van der Waals surface area contributed by atoms with E-state index in [4.69, 9.17) is 14.7 Å². The molecule has 0 unspecified atom stereocenters. The van der Waals surface area contributed by atoms with E-state index < -0.39 is 0 Å². The minimum atomic E-state index is -0.197. The summed E-state index contributed by atoms with van der Waals surface area (Å²) >= 11 is 0. The fourth-order valence-corrected chi connectivity index (χ4v) is 5.85. The molecule has 0 amide bonds. The highest BCUT2D eigenvalue weighted by Crippen LogP contribution is 2.33. The van der Waals surface area contributed by atoms with Gasteiger partial charge in [0.15, 0.2) is 0 Å². The lowest BCUT2D eigenvalue weighted by atomic mass is 9.99. The zero-order valence-corrected chi connectivity index (χ0v) is 25.0. The third-order valence-corrected chi connectivity index (χ3v) is 8.21. The van der Waals surface area contributed by atoms with Crippen LogP contribution in [0.25, 0.3) is 12.2 Å². The molecule has 2 aliphatic heterocycles. The summed E-state index contributed by atoms with van der Waals surface area (Å²) in [5.41, 5.74) is 17.5. The molecule has 2 aliphatic rings. The summed E-state index contributed by atoms with van der Waals surface area (Å²) in [6, 6.07) is 2.18. The molecular weight excluding hydrogens is 484 g/mol. The summed E-state index contributed by atoms with van der Waals surface area (Å²) in [6.45, 7) is 17.2. The van der Waals surface area contributed by atoms with Crippen LogP contribution in [0.2, 0.25) is 0 Å². The van der Waals surface area contributed by atoms with Crippen LogP contribution in [-0.4, -0.2) is 34.5 Å². The molecule has 6 heteroatoms. The largest absolute Gasteiger partial charge is 0.469 e. The maximum absolute atomic E-state index is 11.6. The van der Waals surface area contributed by atoms with Crippen molar-refractivity contribution in [2.24, 2.45) is 9.98 Å². The van der Waals surface area contributed by atoms with Gasteiger partial charge in [-0.15, -0.1) is 0 Å². The number of hydrogen-bond acceptors (Lipinski definition) is 4. The molecule has 0 atom stereocenters. The molecule has 4 heterocycles. The number of aromatic amines is 2. The molecule has 0 spiro atoms. The van der Waals surface area contributed by atoms with Crippen molar-refractivity contribution in [3.63, 3.8) is 0 Å². The minimum Gasteiger partial charge on any atom is -0.469 e. The van der Waals surface area contributed by atoms with E-state index in [-0.39, 0.29) is 5.97 Å². The number of aromatic nitrogens is 2. The van der Waals surface area contributed by atoms with Gasteiger partial charge < -0.3 is 14.7 Å². The lowest BCUT2D eigenvalue weighted by Gasteiger charge is -2.05. The Morgan fingerprint density at radius 3 is 2.26 bits per heavy atom. The molecule has 4 rings (SSSR count). The third kappa shape index (κ3) is 5.70. The van der Waals surface area contributed by atoms with Crippen molar-refractivity contribution in [2.45, 2.75) is 87.5 Å². The van der Waals surface area contributed by atoms with Crippen molar-refractivity contribution in [2.75, 3.05) is 7.11 Å². The van der Waals surface area contributed by atoms with Crippen molar-refractivity contribution in [3.8, 4) is 0 Å². The summed E-state index contributed by atoms with van der Waals surface area (Å²) in [7, 11) is 1.43. The molecule has 0 bridgehead atoms. The van der Waals surface area contributed by atoms with Crippen molar-refractivity contribution in [1.29, 1.82) is 0 Å². The summed E-state index contributed by atoms with van der Waals surface area (Å²) < 4.78 is 4.81. The summed E-state index contributed by atoms with van der Waals surface area (Å²) in [6.07, 6.45) is 8.06. The van der Waals surface area contributed by atoms with Crippen LogP contribution in [0, 0.1) is 20.8 Å². The maximum atomic E-state index is 11.6. The predicted molar refractivity (Wildman–Crippen MR) is 162 cm³/mol. The molecule has 0 radical (unpaired) electrons. The van der Waals surface area contributed by atoms with Crippen LogP contribution in [-0.2, 0) is 22.4 Å². The van der Waals surface area contributed by atoms with Gasteiger partial charge in [0, 0.05) is 41.3 Å². The number of methoxy groups -OCH3 is 1. The van der Waals surface area contributed by atoms with Crippen molar-refractivity contribution >= 4 is 29.5 Å². The zero-order chi connectivity index (χ0) is 28.4. The number of aliphatic imine (C=N–C) groups is 2. The average Bonchev–Trinajstić information content (AvgIpc) is 3.56. The Hall–Kier alpha value is -3.67. The van der Waals surface area contributed by atoms with Crippen LogP contribution in [0.15, 0.2) is 49.7 Å². The third-order valence-electron chi connectivity index (χ3n) is 8.21. The highest BCUT2D eigenvalue weighted by Gasteiger charge is 2.23. The lowest BCUT2D eigenvalue weighted by molar-refractivity contribution is -0.140. The Bertz CT molecular complexity index is 1500.